The van der Waals surface area contributed by atoms with Crippen LogP contribution in [0.3, 0.4) is 0 Å². The van der Waals surface area contributed by atoms with E-state index in [0.29, 0.717) is 12.3 Å². The van der Waals surface area contributed by atoms with Gasteiger partial charge in [-0.2, -0.15) is 0 Å². The van der Waals surface area contributed by atoms with Crippen molar-refractivity contribution < 1.29 is 4.79 Å². The summed E-state index contributed by atoms with van der Waals surface area (Å²) in [6.07, 6.45) is 4.18. The van der Waals surface area contributed by atoms with Crippen LogP contribution in [0.25, 0.3) is 0 Å². The van der Waals surface area contributed by atoms with Crippen LogP contribution in [0, 0.1) is 5.92 Å². The van der Waals surface area contributed by atoms with E-state index in [2.05, 4.69) is 5.32 Å². The fourth-order valence-corrected chi connectivity index (χ4v) is 1.35. The van der Waals surface area contributed by atoms with E-state index in [-0.39, 0.29) is 11.9 Å². The van der Waals surface area contributed by atoms with Gasteiger partial charge in [0.05, 0.1) is 0 Å². The highest BCUT2D eigenvalue weighted by Crippen LogP contribution is 2.29. The lowest BCUT2D eigenvalue weighted by atomic mass is 9.79. The third-order valence-corrected chi connectivity index (χ3v) is 2.46. The predicted octanol–water partition coefficient (Wildman–Crippen LogP) is 0.250. The van der Waals surface area contributed by atoms with Crippen molar-refractivity contribution in [2.45, 2.75) is 31.7 Å². The van der Waals surface area contributed by atoms with E-state index in [1.54, 1.807) is 7.05 Å². The zero-order chi connectivity index (χ0) is 8.27. The molecule has 0 radical (unpaired) electrons. The molecule has 0 heterocycles. The molecular formula is C8H16N2O. The summed E-state index contributed by atoms with van der Waals surface area (Å²) >= 11 is 0. The molecule has 64 valence electrons. The molecule has 0 saturated heterocycles. The Balaban J connectivity index is 2.19. The van der Waals surface area contributed by atoms with Crippen molar-refractivity contribution >= 4 is 5.91 Å². The Morgan fingerprint density at radius 1 is 1.73 bits per heavy atom. The molecule has 11 heavy (non-hydrogen) atoms. The summed E-state index contributed by atoms with van der Waals surface area (Å²) in [6, 6.07) is 0.0868. The van der Waals surface area contributed by atoms with Crippen molar-refractivity contribution in [1.29, 1.82) is 0 Å². The van der Waals surface area contributed by atoms with Crippen molar-refractivity contribution in [3.8, 4) is 0 Å². The van der Waals surface area contributed by atoms with Gasteiger partial charge in [0, 0.05) is 19.5 Å². The lowest BCUT2D eigenvalue weighted by Gasteiger charge is -2.30. The molecule has 1 fully saturated rings. The minimum Gasteiger partial charge on any atom is -0.359 e. The van der Waals surface area contributed by atoms with Gasteiger partial charge in [0.2, 0.25) is 5.91 Å². The number of hydrogen-bond donors (Lipinski definition) is 2. The Labute approximate surface area is 67.3 Å². The van der Waals surface area contributed by atoms with E-state index < -0.39 is 0 Å². The van der Waals surface area contributed by atoms with Gasteiger partial charge < -0.3 is 11.1 Å². The maximum atomic E-state index is 10.9. The zero-order valence-electron chi connectivity index (χ0n) is 6.97. The maximum Gasteiger partial charge on any atom is 0.221 e. The molecule has 1 unspecified atom stereocenters. The van der Waals surface area contributed by atoms with Crippen LogP contribution in [-0.2, 0) is 4.79 Å². The first-order valence-corrected chi connectivity index (χ1v) is 4.20. The standard InChI is InChI=1S/C8H16N2O/c1-10-8(11)5-7(9)6-3-2-4-6/h6-7H,2-5,9H2,1H3,(H,10,11). The van der Waals surface area contributed by atoms with E-state index in [1.807, 2.05) is 0 Å². The number of nitrogens with one attached hydrogen (secondary N) is 1. The highest BCUT2D eigenvalue weighted by molar-refractivity contribution is 5.76. The average Bonchev–Trinajstić information content (AvgIpc) is 1.83. The van der Waals surface area contributed by atoms with E-state index in [0.717, 1.165) is 0 Å². The van der Waals surface area contributed by atoms with Gasteiger partial charge in [-0.1, -0.05) is 6.42 Å². The number of hydrogen-bond acceptors (Lipinski definition) is 2. The van der Waals surface area contributed by atoms with Gasteiger partial charge in [0.1, 0.15) is 0 Å². The van der Waals surface area contributed by atoms with Crippen LogP contribution in [0.5, 0.6) is 0 Å². The molecule has 1 saturated carbocycles. The first-order chi connectivity index (χ1) is 5.24. The fraction of sp³-hybridized carbons (Fsp3) is 0.875. The maximum absolute atomic E-state index is 10.9. The van der Waals surface area contributed by atoms with Crippen molar-refractivity contribution in [3.63, 3.8) is 0 Å². The molecule has 0 aromatic carbocycles. The monoisotopic (exact) mass is 156 g/mol. The first kappa shape index (κ1) is 8.53. The normalized spacial score (nSPS) is 20.5. The highest BCUT2D eigenvalue weighted by Gasteiger charge is 2.25. The quantitative estimate of drug-likeness (QED) is 0.615. The summed E-state index contributed by atoms with van der Waals surface area (Å²) in [5, 5.41) is 2.58. The minimum absolute atomic E-state index is 0.0596. The smallest absolute Gasteiger partial charge is 0.221 e. The van der Waals surface area contributed by atoms with Gasteiger partial charge in [-0.25, -0.2) is 0 Å². The lowest BCUT2D eigenvalue weighted by Crippen LogP contribution is -2.38. The van der Waals surface area contributed by atoms with Crippen molar-refractivity contribution in [3.05, 3.63) is 0 Å². The van der Waals surface area contributed by atoms with Crippen LogP contribution in [0.2, 0.25) is 0 Å². The summed E-state index contributed by atoms with van der Waals surface area (Å²) < 4.78 is 0. The van der Waals surface area contributed by atoms with Gasteiger partial charge in [0.25, 0.3) is 0 Å². The first-order valence-electron chi connectivity index (χ1n) is 4.20. The van der Waals surface area contributed by atoms with Gasteiger partial charge in [-0.3, -0.25) is 4.79 Å². The van der Waals surface area contributed by atoms with Crippen LogP contribution in [0.15, 0.2) is 0 Å². The van der Waals surface area contributed by atoms with Crippen molar-refractivity contribution in [2.24, 2.45) is 11.7 Å². The molecule has 3 nitrogen and oxygen atoms in total. The average molecular weight is 156 g/mol. The van der Waals surface area contributed by atoms with Crippen LogP contribution in [0.1, 0.15) is 25.7 Å². The van der Waals surface area contributed by atoms with E-state index >= 15 is 0 Å². The molecule has 1 aliphatic carbocycles. The Morgan fingerprint density at radius 2 is 2.36 bits per heavy atom. The Bertz CT molecular complexity index is 143. The minimum atomic E-state index is 0.0596. The molecular weight excluding hydrogens is 140 g/mol. The molecule has 3 heteroatoms. The Kier molecular flexibility index (Phi) is 2.88. The van der Waals surface area contributed by atoms with Crippen molar-refractivity contribution in [1.82, 2.24) is 5.32 Å². The molecule has 1 atom stereocenters. The molecule has 0 aromatic heterocycles. The number of nitrogens with two attached hydrogens (primary N) is 1. The number of rotatable bonds is 3. The van der Waals surface area contributed by atoms with Gasteiger partial charge in [-0.05, 0) is 18.8 Å². The van der Waals surface area contributed by atoms with Crippen molar-refractivity contribution in [2.75, 3.05) is 7.05 Å². The Hall–Kier alpha value is -0.570. The van der Waals surface area contributed by atoms with Crippen LogP contribution in [-0.4, -0.2) is 19.0 Å². The SMILES string of the molecule is CNC(=O)CC(N)C1CCC1. The fourth-order valence-electron chi connectivity index (χ4n) is 1.35. The molecule has 3 N–H and O–H groups in total. The number of carbonyl (C=O) groups is 1. The molecule has 1 rings (SSSR count). The number of amides is 1. The summed E-state index contributed by atoms with van der Waals surface area (Å²) in [4.78, 5) is 10.9. The van der Waals surface area contributed by atoms with Gasteiger partial charge in [-0.15, -0.1) is 0 Å². The second kappa shape index (κ2) is 3.72. The van der Waals surface area contributed by atoms with E-state index in [9.17, 15) is 4.79 Å². The molecule has 1 amide bonds. The van der Waals surface area contributed by atoms with Gasteiger partial charge >= 0.3 is 0 Å². The summed E-state index contributed by atoms with van der Waals surface area (Å²) in [5.41, 5.74) is 5.79. The largest absolute Gasteiger partial charge is 0.359 e. The lowest BCUT2D eigenvalue weighted by molar-refractivity contribution is -0.121. The third-order valence-electron chi connectivity index (χ3n) is 2.46. The molecule has 0 aromatic rings. The third kappa shape index (κ3) is 2.19. The molecule has 1 aliphatic rings. The predicted molar refractivity (Wildman–Crippen MR) is 44.0 cm³/mol. The second-order valence-corrected chi connectivity index (χ2v) is 3.23. The molecule has 0 aliphatic heterocycles. The van der Waals surface area contributed by atoms with Crippen LogP contribution < -0.4 is 11.1 Å². The Morgan fingerprint density at radius 3 is 2.73 bits per heavy atom. The van der Waals surface area contributed by atoms with E-state index in [4.69, 9.17) is 5.73 Å². The summed E-state index contributed by atoms with van der Waals surface area (Å²) in [6.45, 7) is 0. The topological polar surface area (TPSA) is 55.1 Å². The summed E-state index contributed by atoms with van der Waals surface area (Å²) in [7, 11) is 1.65. The molecule has 0 spiro atoms. The second-order valence-electron chi connectivity index (χ2n) is 3.23. The van der Waals surface area contributed by atoms with Crippen LogP contribution >= 0.6 is 0 Å². The van der Waals surface area contributed by atoms with Crippen LogP contribution in [0.4, 0.5) is 0 Å². The summed E-state index contributed by atoms with van der Waals surface area (Å²) in [5.74, 6) is 0.664. The van der Waals surface area contributed by atoms with Gasteiger partial charge in [0.15, 0.2) is 0 Å². The zero-order valence-corrected chi connectivity index (χ0v) is 6.97. The molecule has 0 bridgehead atoms. The highest BCUT2D eigenvalue weighted by atomic mass is 16.1. The van der Waals surface area contributed by atoms with E-state index in [1.165, 1.54) is 19.3 Å². The number of carbonyl (C=O) groups excluding carboxylic acids is 1.